The number of ketones is 1. The van der Waals surface area contributed by atoms with Gasteiger partial charge >= 0.3 is 5.97 Å². The summed E-state index contributed by atoms with van der Waals surface area (Å²) in [7, 11) is -3.82. The van der Waals surface area contributed by atoms with Gasteiger partial charge in [0.2, 0.25) is 15.8 Å². The summed E-state index contributed by atoms with van der Waals surface area (Å²) >= 11 is 5.84. The molecule has 7 nitrogen and oxygen atoms in total. The highest BCUT2D eigenvalue weighted by molar-refractivity contribution is 7.89. The lowest BCUT2D eigenvalue weighted by molar-refractivity contribution is 0.0474. The highest BCUT2D eigenvalue weighted by Crippen LogP contribution is 2.23. The van der Waals surface area contributed by atoms with Gasteiger partial charge in [-0.15, -0.1) is 0 Å². The highest BCUT2D eigenvalue weighted by Gasteiger charge is 2.20. The lowest BCUT2D eigenvalue weighted by Gasteiger charge is -2.11. The van der Waals surface area contributed by atoms with Crippen LogP contribution in [-0.2, 0) is 14.8 Å². The molecule has 3 rings (SSSR count). The third-order valence-corrected chi connectivity index (χ3v) is 5.88. The molecule has 162 valence electrons. The number of aromatic nitrogens is 1. The number of nitrogens with zero attached hydrogens (tertiary/aromatic N) is 1. The fraction of sp³-hybridized carbons (Fsp3) is 0.143. The SMILES string of the molecule is Cc1cc(C(=O)COC(=O)c2ccc(F)cc2Cl)c(C)n1-c1ccc(S(N)(=O)=O)cc1. The maximum absolute atomic E-state index is 13.1. The zero-order valence-electron chi connectivity index (χ0n) is 16.6. The summed E-state index contributed by atoms with van der Waals surface area (Å²) in [6, 6.07) is 10.8. The minimum atomic E-state index is -3.82. The van der Waals surface area contributed by atoms with Crippen LogP contribution in [0.4, 0.5) is 4.39 Å². The number of hydrogen-bond donors (Lipinski definition) is 1. The van der Waals surface area contributed by atoms with Gasteiger partial charge in [-0.05, 0) is 62.4 Å². The molecule has 1 aromatic heterocycles. The van der Waals surface area contributed by atoms with E-state index >= 15 is 0 Å². The number of sulfonamides is 1. The molecule has 0 fully saturated rings. The number of benzene rings is 2. The van der Waals surface area contributed by atoms with Crippen LogP contribution in [0.25, 0.3) is 5.69 Å². The monoisotopic (exact) mass is 464 g/mol. The summed E-state index contributed by atoms with van der Waals surface area (Å²) in [6.45, 7) is 2.97. The van der Waals surface area contributed by atoms with E-state index in [0.717, 1.165) is 17.8 Å². The second kappa shape index (κ2) is 8.62. The van der Waals surface area contributed by atoms with Gasteiger partial charge in [0.15, 0.2) is 6.61 Å². The van der Waals surface area contributed by atoms with E-state index in [9.17, 15) is 22.4 Å². The average molecular weight is 465 g/mol. The summed E-state index contributed by atoms with van der Waals surface area (Å²) in [4.78, 5) is 24.8. The van der Waals surface area contributed by atoms with Crippen LogP contribution in [0, 0.1) is 19.7 Å². The van der Waals surface area contributed by atoms with Gasteiger partial charge < -0.3 is 9.30 Å². The number of carbonyl (C=O) groups is 2. The van der Waals surface area contributed by atoms with Crippen molar-refractivity contribution in [3.8, 4) is 5.69 Å². The third kappa shape index (κ3) is 4.84. The number of hydrogen-bond acceptors (Lipinski definition) is 5. The summed E-state index contributed by atoms with van der Waals surface area (Å²) in [5.41, 5.74) is 2.23. The molecule has 0 radical (unpaired) electrons. The van der Waals surface area contributed by atoms with Gasteiger partial charge in [0.1, 0.15) is 5.82 Å². The molecule has 0 aliphatic heterocycles. The molecule has 0 bridgehead atoms. The number of rotatable bonds is 6. The standard InChI is InChI=1S/C21H18ClFN2O5S/c1-12-9-18(13(2)25(12)15-4-6-16(7-5-15)31(24,28)29)20(26)11-30-21(27)17-8-3-14(23)10-19(17)22/h3-10H,11H2,1-2H3,(H2,24,28,29). The Morgan fingerprint density at radius 1 is 1.06 bits per heavy atom. The number of carbonyl (C=O) groups excluding carboxylic acids is 2. The summed E-state index contributed by atoms with van der Waals surface area (Å²) in [5.74, 6) is -1.88. The van der Waals surface area contributed by atoms with Crippen LogP contribution >= 0.6 is 11.6 Å². The van der Waals surface area contributed by atoms with Gasteiger partial charge in [0.25, 0.3) is 0 Å². The van der Waals surface area contributed by atoms with Crippen LogP contribution in [0.15, 0.2) is 53.4 Å². The summed E-state index contributed by atoms with van der Waals surface area (Å²) < 4.78 is 42.8. The van der Waals surface area contributed by atoms with Crippen LogP contribution in [0.1, 0.15) is 32.1 Å². The van der Waals surface area contributed by atoms with E-state index < -0.39 is 34.2 Å². The Morgan fingerprint density at radius 3 is 2.29 bits per heavy atom. The Hall–Kier alpha value is -3.01. The second-order valence-corrected chi connectivity index (χ2v) is 8.75. The van der Waals surface area contributed by atoms with Crippen molar-refractivity contribution in [2.45, 2.75) is 18.7 Å². The van der Waals surface area contributed by atoms with E-state index in [4.69, 9.17) is 21.5 Å². The maximum atomic E-state index is 13.1. The molecule has 0 unspecified atom stereocenters. The van der Waals surface area contributed by atoms with Crippen molar-refractivity contribution in [2.24, 2.45) is 5.14 Å². The predicted octanol–water partition coefficient (Wildman–Crippen LogP) is 3.57. The van der Waals surface area contributed by atoms with E-state index in [-0.39, 0.29) is 15.5 Å². The molecular formula is C21H18ClFN2O5S. The Balaban J connectivity index is 1.79. The number of nitrogens with two attached hydrogens (primary N) is 1. The van der Waals surface area contributed by atoms with E-state index in [1.165, 1.54) is 18.2 Å². The smallest absolute Gasteiger partial charge is 0.340 e. The van der Waals surface area contributed by atoms with Crippen molar-refractivity contribution in [3.05, 3.63) is 81.9 Å². The topological polar surface area (TPSA) is 108 Å². The number of ether oxygens (including phenoxy) is 1. The van der Waals surface area contributed by atoms with Crippen molar-refractivity contribution < 1.29 is 27.1 Å². The third-order valence-electron chi connectivity index (χ3n) is 4.64. The van der Waals surface area contributed by atoms with Gasteiger partial charge in [0.05, 0.1) is 15.5 Å². The number of primary sulfonamides is 1. The zero-order valence-corrected chi connectivity index (χ0v) is 18.1. The van der Waals surface area contributed by atoms with Gasteiger partial charge in [-0.1, -0.05) is 11.6 Å². The molecule has 0 saturated carbocycles. The molecule has 0 spiro atoms. The lowest BCUT2D eigenvalue weighted by Crippen LogP contribution is -2.15. The Bertz CT molecular complexity index is 1280. The van der Waals surface area contributed by atoms with Crippen LogP contribution in [0.3, 0.4) is 0 Å². The molecule has 0 aliphatic rings. The minimum absolute atomic E-state index is 0.0265. The zero-order chi connectivity index (χ0) is 22.9. The molecule has 2 aromatic carbocycles. The first-order valence-electron chi connectivity index (χ1n) is 8.96. The minimum Gasteiger partial charge on any atom is -0.454 e. The van der Waals surface area contributed by atoms with E-state index in [1.54, 1.807) is 36.6 Å². The first-order valence-corrected chi connectivity index (χ1v) is 10.9. The Labute approximate surface area is 183 Å². The molecule has 0 saturated heterocycles. The van der Waals surface area contributed by atoms with Crippen LogP contribution < -0.4 is 5.14 Å². The molecule has 2 N–H and O–H groups in total. The first kappa shape index (κ1) is 22.7. The van der Waals surface area contributed by atoms with E-state index in [2.05, 4.69) is 0 Å². The molecule has 0 aliphatic carbocycles. The summed E-state index contributed by atoms with van der Waals surface area (Å²) in [5, 5.41) is 5.01. The normalized spacial score (nSPS) is 11.4. The fourth-order valence-corrected chi connectivity index (χ4v) is 3.93. The van der Waals surface area contributed by atoms with E-state index in [0.29, 0.717) is 16.9 Å². The Kier molecular flexibility index (Phi) is 6.30. The molecule has 31 heavy (non-hydrogen) atoms. The van der Waals surface area contributed by atoms with Crippen molar-refractivity contribution in [1.82, 2.24) is 4.57 Å². The number of halogens is 2. The van der Waals surface area contributed by atoms with Crippen LogP contribution in [0.2, 0.25) is 5.02 Å². The van der Waals surface area contributed by atoms with Gasteiger partial charge in [-0.3, -0.25) is 4.79 Å². The molecule has 10 heteroatoms. The quantitative estimate of drug-likeness (QED) is 0.443. The van der Waals surface area contributed by atoms with Gasteiger partial charge in [0, 0.05) is 22.6 Å². The highest BCUT2D eigenvalue weighted by atomic mass is 35.5. The van der Waals surface area contributed by atoms with E-state index in [1.807, 2.05) is 0 Å². The number of Topliss-reactive ketones (excluding diaryl/α,β-unsaturated/α-hetero) is 1. The van der Waals surface area contributed by atoms with Gasteiger partial charge in [-0.2, -0.15) is 0 Å². The molecule has 3 aromatic rings. The summed E-state index contributed by atoms with van der Waals surface area (Å²) in [6.07, 6.45) is 0. The van der Waals surface area contributed by atoms with Crippen molar-refractivity contribution >= 4 is 33.4 Å². The van der Waals surface area contributed by atoms with Crippen molar-refractivity contribution in [2.75, 3.05) is 6.61 Å². The van der Waals surface area contributed by atoms with Crippen molar-refractivity contribution in [3.63, 3.8) is 0 Å². The number of esters is 1. The predicted molar refractivity (Wildman–Crippen MR) is 113 cm³/mol. The molecule has 1 heterocycles. The Morgan fingerprint density at radius 2 is 1.71 bits per heavy atom. The fourth-order valence-electron chi connectivity index (χ4n) is 3.17. The second-order valence-electron chi connectivity index (χ2n) is 6.78. The molecule has 0 atom stereocenters. The van der Waals surface area contributed by atoms with Crippen LogP contribution in [-0.4, -0.2) is 31.3 Å². The average Bonchev–Trinajstić information content (AvgIpc) is 2.99. The number of aryl methyl sites for hydroxylation is 1. The lowest BCUT2D eigenvalue weighted by atomic mass is 10.1. The van der Waals surface area contributed by atoms with Crippen molar-refractivity contribution in [1.29, 1.82) is 0 Å². The largest absolute Gasteiger partial charge is 0.454 e. The molecular weight excluding hydrogens is 447 g/mol. The van der Waals surface area contributed by atoms with Gasteiger partial charge in [-0.25, -0.2) is 22.7 Å². The van der Waals surface area contributed by atoms with Crippen LogP contribution in [0.5, 0.6) is 0 Å². The maximum Gasteiger partial charge on any atom is 0.340 e. The first-order chi connectivity index (χ1) is 14.5. The molecule has 0 amide bonds.